The Balaban J connectivity index is 1.41. The highest BCUT2D eigenvalue weighted by Gasteiger charge is 2.23. The van der Waals surface area contributed by atoms with Crippen molar-refractivity contribution in [2.45, 2.75) is 37.8 Å². The molecule has 0 radical (unpaired) electrons. The molecule has 0 bridgehead atoms. The molecule has 1 N–H and O–H groups in total. The molecule has 0 spiro atoms. The van der Waals surface area contributed by atoms with Crippen LogP contribution in [0.3, 0.4) is 0 Å². The number of para-hydroxylation sites is 1. The molecule has 2 heterocycles. The van der Waals surface area contributed by atoms with E-state index in [0.717, 1.165) is 47.3 Å². The number of aryl methyl sites for hydroxylation is 2. The largest absolute Gasteiger partial charge is 0.272 e. The predicted octanol–water partition coefficient (Wildman–Crippen LogP) is 6.27. The van der Waals surface area contributed by atoms with Crippen LogP contribution < -0.4 is 11.0 Å². The van der Waals surface area contributed by atoms with Crippen molar-refractivity contribution >= 4 is 68.1 Å². The number of thiophene rings is 1. The Hall–Kier alpha value is -2.65. The summed E-state index contributed by atoms with van der Waals surface area (Å²) in [6.45, 7) is 1.77. The van der Waals surface area contributed by atoms with Crippen molar-refractivity contribution in [1.29, 1.82) is 0 Å². The standard InChI is InChI=1S/C26H22Cl2N4O2S2/c1-15(16-11-12-19(27)20(28)13-16)30-31-22(33)14-35-26-29-24-23(18-9-5-6-10-21(18)36-24)25(34)32(26)17-7-3-2-4-8-17/h2-4,7-8,11-13H,5-6,9-10,14H2,1H3,(H,31,33)/b30-15+. The fourth-order valence-corrected chi connectivity index (χ4v) is 6.59. The number of hydrogen-bond donors (Lipinski definition) is 1. The Bertz CT molecular complexity index is 1550. The lowest BCUT2D eigenvalue weighted by Gasteiger charge is -2.13. The molecule has 0 fully saturated rings. The first-order valence-corrected chi connectivity index (χ1v) is 14.0. The third-order valence-corrected chi connectivity index (χ3v) is 8.85. The number of carbonyl (C=O) groups excluding carboxylic acids is 1. The molecule has 5 rings (SSSR count). The van der Waals surface area contributed by atoms with Crippen molar-refractivity contribution in [3.63, 3.8) is 0 Å². The maximum atomic E-state index is 13.7. The smallest absolute Gasteiger partial charge is 0.267 e. The molecule has 36 heavy (non-hydrogen) atoms. The number of nitrogens with zero attached hydrogens (tertiary/aromatic N) is 3. The van der Waals surface area contributed by atoms with Crippen molar-refractivity contribution in [3.05, 3.63) is 84.9 Å². The number of amides is 1. The summed E-state index contributed by atoms with van der Waals surface area (Å²) in [4.78, 5) is 33.2. The lowest BCUT2D eigenvalue weighted by atomic mass is 9.97. The molecule has 6 nitrogen and oxygen atoms in total. The highest BCUT2D eigenvalue weighted by molar-refractivity contribution is 7.99. The quantitative estimate of drug-likeness (QED) is 0.131. The van der Waals surface area contributed by atoms with E-state index in [2.05, 4.69) is 10.5 Å². The molecule has 2 aromatic carbocycles. The zero-order chi connectivity index (χ0) is 25.2. The number of thioether (sulfide) groups is 1. The van der Waals surface area contributed by atoms with E-state index in [1.165, 1.54) is 16.6 Å². The summed E-state index contributed by atoms with van der Waals surface area (Å²) >= 11 is 14.9. The fraction of sp³-hybridized carbons (Fsp3) is 0.231. The molecule has 1 amide bonds. The maximum Gasteiger partial charge on any atom is 0.267 e. The van der Waals surface area contributed by atoms with Crippen LogP contribution in [0.4, 0.5) is 0 Å². The highest BCUT2D eigenvalue weighted by Crippen LogP contribution is 2.35. The zero-order valence-corrected chi connectivity index (χ0v) is 22.5. The molecule has 184 valence electrons. The highest BCUT2D eigenvalue weighted by atomic mass is 35.5. The molecule has 0 unspecified atom stereocenters. The molecule has 0 aliphatic heterocycles. The number of hydrazone groups is 1. The van der Waals surface area contributed by atoms with Crippen LogP contribution in [0.2, 0.25) is 10.0 Å². The summed E-state index contributed by atoms with van der Waals surface area (Å²) in [5.41, 5.74) is 5.71. The van der Waals surface area contributed by atoms with Crippen LogP contribution >= 0.6 is 46.3 Å². The molecular weight excluding hydrogens is 535 g/mol. The third kappa shape index (κ3) is 5.09. The lowest BCUT2D eigenvalue weighted by molar-refractivity contribution is -0.118. The first-order valence-electron chi connectivity index (χ1n) is 11.5. The molecule has 2 aromatic heterocycles. The average Bonchev–Trinajstić information content (AvgIpc) is 3.27. The van der Waals surface area contributed by atoms with Gasteiger partial charge in [0.2, 0.25) is 0 Å². The number of fused-ring (bicyclic) bond motifs is 3. The Morgan fingerprint density at radius 3 is 2.69 bits per heavy atom. The fourth-order valence-electron chi connectivity index (χ4n) is 4.18. The number of nitrogens with one attached hydrogen (secondary N) is 1. The number of aromatic nitrogens is 2. The molecular formula is C26H22Cl2N4O2S2. The SMILES string of the molecule is C/C(=N\NC(=O)CSc1nc2sc3c(c2c(=O)n1-c1ccccc1)CCCC3)c1ccc(Cl)c(Cl)c1. The number of hydrogen-bond acceptors (Lipinski definition) is 6. The van der Waals surface area contributed by atoms with Crippen molar-refractivity contribution in [2.75, 3.05) is 5.75 Å². The van der Waals surface area contributed by atoms with Gasteiger partial charge in [0.15, 0.2) is 5.16 Å². The molecule has 1 aliphatic carbocycles. The van der Waals surface area contributed by atoms with Gasteiger partial charge in [-0.1, -0.05) is 59.2 Å². The van der Waals surface area contributed by atoms with Gasteiger partial charge >= 0.3 is 0 Å². The van der Waals surface area contributed by atoms with Gasteiger partial charge in [0.1, 0.15) is 4.83 Å². The van der Waals surface area contributed by atoms with E-state index in [9.17, 15) is 9.59 Å². The summed E-state index contributed by atoms with van der Waals surface area (Å²) in [6.07, 6.45) is 4.12. The Kier molecular flexibility index (Phi) is 7.48. The van der Waals surface area contributed by atoms with Crippen molar-refractivity contribution in [1.82, 2.24) is 15.0 Å². The van der Waals surface area contributed by atoms with Gasteiger partial charge < -0.3 is 0 Å². The average molecular weight is 558 g/mol. The van der Waals surface area contributed by atoms with Crippen LogP contribution in [0, 0.1) is 0 Å². The predicted molar refractivity (Wildman–Crippen MR) is 149 cm³/mol. The molecule has 4 aromatic rings. The Labute approximate surface area is 226 Å². The van der Waals surface area contributed by atoms with Gasteiger partial charge in [-0.05, 0) is 68.0 Å². The minimum absolute atomic E-state index is 0.0496. The molecule has 1 aliphatic rings. The number of benzene rings is 2. The molecule has 10 heteroatoms. The zero-order valence-electron chi connectivity index (χ0n) is 19.4. The lowest BCUT2D eigenvalue weighted by Crippen LogP contribution is -2.24. The van der Waals surface area contributed by atoms with Crippen LogP contribution in [0.15, 0.2) is 63.6 Å². The van der Waals surface area contributed by atoms with Gasteiger partial charge in [-0.3, -0.25) is 14.2 Å². The summed E-state index contributed by atoms with van der Waals surface area (Å²) in [6, 6.07) is 14.6. The second-order valence-electron chi connectivity index (χ2n) is 8.41. The summed E-state index contributed by atoms with van der Waals surface area (Å²) in [5.74, 6) is -0.257. The maximum absolute atomic E-state index is 13.7. The minimum atomic E-state index is -0.307. The van der Waals surface area contributed by atoms with Crippen LogP contribution in [0.5, 0.6) is 0 Å². The number of rotatable bonds is 6. The van der Waals surface area contributed by atoms with Gasteiger partial charge in [0, 0.05) is 4.88 Å². The summed E-state index contributed by atoms with van der Waals surface area (Å²) in [7, 11) is 0. The van der Waals surface area contributed by atoms with Crippen LogP contribution in [0.25, 0.3) is 15.9 Å². The Morgan fingerprint density at radius 2 is 1.92 bits per heavy atom. The molecule has 0 saturated carbocycles. The van der Waals surface area contributed by atoms with E-state index in [-0.39, 0.29) is 17.2 Å². The minimum Gasteiger partial charge on any atom is -0.272 e. The summed E-state index contributed by atoms with van der Waals surface area (Å²) < 4.78 is 1.62. The van der Waals surface area contributed by atoms with Gasteiger partial charge in [-0.15, -0.1) is 11.3 Å². The van der Waals surface area contributed by atoms with Crippen LogP contribution in [0.1, 0.15) is 35.8 Å². The normalized spacial score (nSPS) is 13.6. The van der Waals surface area contributed by atoms with Crippen molar-refractivity contribution < 1.29 is 4.79 Å². The first kappa shape index (κ1) is 25.0. The van der Waals surface area contributed by atoms with Gasteiger partial charge in [0.05, 0.1) is 32.6 Å². The first-order chi connectivity index (χ1) is 17.4. The van der Waals surface area contributed by atoms with E-state index in [0.29, 0.717) is 26.3 Å². The van der Waals surface area contributed by atoms with Gasteiger partial charge in [-0.2, -0.15) is 5.10 Å². The van der Waals surface area contributed by atoms with Crippen LogP contribution in [-0.2, 0) is 17.6 Å². The van der Waals surface area contributed by atoms with Crippen molar-refractivity contribution in [3.8, 4) is 5.69 Å². The summed E-state index contributed by atoms with van der Waals surface area (Å²) in [5, 5.41) is 6.26. The monoisotopic (exact) mass is 556 g/mol. The van der Waals surface area contributed by atoms with E-state index >= 15 is 0 Å². The topological polar surface area (TPSA) is 76.3 Å². The van der Waals surface area contributed by atoms with E-state index in [4.69, 9.17) is 28.2 Å². The number of carbonyl (C=O) groups is 1. The Morgan fingerprint density at radius 1 is 1.14 bits per heavy atom. The van der Waals surface area contributed by atoms with Crippen LogP contribution in [-0.4, -0.2) is 26.9 Å². The van der Waals surface area contributed by atoms with Crippen molar-refractivity contribution in [2.24, 2.45) is 5.10 Å². The van der Waals surface area contributed by atoms with E-state index < -0.39 is 0 Å². The second-order valence-corrected chi connectivity index (χ2v) is 11.3. The van der Waals surface area contributed by atoms with E-state index in [1.807, 2.05) is 30.3 Å². The van der Waals surface area contributed by atoms with Gasteiger partial charge in [0.25, 0.3) is 11.5 Å². The molecule has 0 atom stereocenters. The number of halogens is 2. The van der Waals surface area contributed by atoms with Gasteiger partial charge in [-0.25, -0.2) is 10.4 Å². The van der Waals surface area contributed by atoms with E-state index in [1.54, 1.807) is 41.0 Å². The third-order valence-electron chi connectivity index (χ3n) is 5.99. The second kappa shape index (κ2) is 10.8. The molecule has 0 saturated heterocycles.